The van der Waals surface area contributed by atoms with Crippen LogP contribution in [0.1, 0.15) is 33.6 Å². The van der Waals surface area contributed by atoms with Crippen molar-refractivity contribution in [1.82, 2.24) is 4.90 Å². The molecule has 1 saturated heterocycles. The zero-order valence-electron chi connectivity index (χ0n) is 13.4. The summed E-state index contributed by atoms with van der Waals surface area (Å²) >= 11 is 0. The molecule has 2 N–H and O–H groups in total. The standard InChI is InChI=1S/C19H20N2O3/c20-18(22)14-6-8-15(9-7-14)19(23)21-12-10-17(11-13-21)24-16-4-2-1-3-5-16/h1-9,17H,10-13H2,(H2,20,22). The zero-order chi connectivity index (χ0) is 16.9. The van der Waals surface area contributed by atoms with Gasteiger partial charge in [0.15, 0.2) is 0 Å². The first kappa shape index (κ1) is 16.1. The Morgan fingerprint density at radius 3 is 2.08 bits per heavy atom. The molecule has 3 rings (SSSR count). The molecule has 0 radical (unpaired) electrons. The van der Waals surface area contributed by atoms with Crippen LogP contribution in [0.4, 0.5) is 0 Å². The maximum absolute atomic E-state index is 12.5. The second-order valence-electron chi connectivity index (χ2n) is 5.86. The van der Waals surface area contributed by atoms with Gasteiger partial charge in [0, 0.05) is 37.1 Å². The summed E-state index contributed by atoms with van der Waals surface area (Å²) in [5, 5.41) is 0. The monoisotopic (exact) mass is 324 g/mol. The van der Waals surface area contributed by atoms with E-state index in [1.165, 1.54) is 0 Å². The van der Waals surface area contributed by atoms with Gasteiger partial charge in [0.05, 0.1) is 0 Å². The van der Waals surface area contributed by atoms with E-state index >= 15 is 0 Å². The van der Waals surface area contributed by atoms with Gasteiger partial charge in [0.25, 0.3) is 5.91 Å². The van der Waals surface area contributed by atoms with Crippen molar-refractivity contribution in [3.05, 3.63) is 65.7 Å². The fraction of sp³-hybridized carbons (Fsp3) is 0.263. The van der Waals surface area contributed by atoms with E-state index in [0.717, 1.165) is 18.6 Å². The number of carbonyl (C=O) groups excluding carboxylic acids is 2. The Labute approximate surface area is 141 Å². The van der Waals surface area contributed by atoms with E-state index in [-0.39, 0.29) is 12.0 Å². The molecule has 2 aromatic carbocycles. The molecule has 1 fully saturated rings. The van der Waals surface area contributed by atoms with Crippen LogP contribution in [0.5, 0.6) is 5.75 Å². The number of nitrogens with zero attached hydrogens (tertiary/aromatic N) is 1. The third-order valence-corrected chi connectivity index (χ3v) is 4.19. The lowest BCUT2D eigenvalue weighted by atomic mass is 10.1. The van der Waals surface area contributed by atoms with Crippen molar-refractivity contribution in [1.29, 1.82) is 0 Å². The minimum atomic E-state index is -0.493. The van der Waals surface area contributed by atoms with Gasteiger partial charge in [-0.1, -0.05) is 18.2 Å². The summed E-state index contributed by atoms with van der Waals surface area (Å²) in [6.07, 6.45) is 1.74. The number of nitrogens with two attached hydrogens (primary N) is 1. The summed E-state index contributed by atoms with van der Waals surface area (Å²) in [5.74, 6) is 0.348. The van der Waals surface area contributed by atoms with Gasteiger partial charge < -0.3 is 15.4 Å². The van der Waals surface area contributed by atoms with Gasteiger partial charge in [0.2, 0.25) is 5.91 Å². The van der Waals surface area contributed by atoms with Crippen molar-refractivity contribution < 1.29 is 14.3 Å². The molecular formula is C19H20N2O3. The van der Waals surface area contributed by atoms with Crippen LogP contribution in [0.3, 0.4) is 0 Å². The molecule has 5 heteroatoms. The molecule has 1 heterocycles. The van der Waals surface area contributed by atoms with Gasteiger partial charge in [-0.25, -0.2) is 0 Å². The Bertz CT molecular complexity index is 705. The Balaban J connectivity index is 1.56. The van der Waals surface area contributed by atoms with E-state index < -0.39 is 5.91 Å². The minimum absolute atomic E-state index is 0.0239. The van der Waals surface area contributed by atoms with E-state index in [2.05, 4.69) is 0 Å². The van der Waals surface area contributed by atoms with Crippen molar-refractivity contribution in [2.24, 2.45) is 5.73 Å². The van der Waals surface area contributed by atoms with Crippen LogP contribution in [0.2, 0.25) is 0 Å². The summed E-state index contributed by atoms with van der Waals surface area (Å²) in [5.41, 5.74) is 6.19. The number of piperidine rings is 1. The van der Waals surface area contributed by atoms with Gasteiger partial charge in [-0.15, -0.1) is 0 Å². The molecule has 124 valence electrons. The normalized spacial score (nSPS) is 15.1. The highest BCUT2D eigenvalue weighted by atomic mass is 16.5. The molecule has 2 amide bonds. The number of para-hydroxylation sites is 1. The van der Waals surface area contributed by atoms with Gasteiger partial charge in [-0.05, 0) is 36.4 Å². The molecule has 2 aromatic rings. The average Bonchev–Trinajstić information content (AvgIpc) is 2.63. The molecule has 0 aromatic heterocycles. The third kappa shape index (κ3) is 3.74. The van der Waals surface area contributed by atoms with Gasteiger partial charge in [-0.2, -0.15) is 0 Å². The number of ether oxygens (including phenoxy) is 1. The number of rotatable bonds is 4. The number of carbonyl (C=O) groups is 2. The van der Waals surface area contributed by atoms with Crippen LogP contribution in [0, 0.1) is 0 Å². The molecule has 5 nitrogen and oxygen atoms in total. The predicted molar refractivity (Wildman–Crippen MR) is 91.0 cm³/mol. The highest BCUT2D eigenvalue weighted by Crippen LogP contribution is 2.20. The topological polar surface area (TPSA) is 72.6 Å². The molecule has 0 atom stereocenters. The van der Waals surface area contributed by atoms with Crippen molar-refractivity contribution in [2.45, 2.75) is 18.9 Å². The first-order valence-corrected chi connectivity index (χ1v) is 8.04. The smallest absolute Gasteiger partial charge is 0.253 e. The van der Waals surface area contributed by atoms with Crippen molar-refractivity contribution in [3.63, 3.8) is 0 Å². The quantitative estimate of drug-likeness (QED) is 0.939. The molecule has 0 bridgehead atoms. The van der Waals surface area contributed by atoms with Crippen LogP contribution in [-0.4, -0.2) is 35.9 Å². The summed E-state index contributed by atoms with van der Waals surface area (Å²) in [4.78, 5) is 25.4. The molecule has 1 aliphatic rings. The van der Waals surface area contributed by atoms with E-state index in [4.69, 9.17) is 10.5 Å². The number of benzene rings is 2. The summed E-state index contributed by atoms with van der Waals surface area (Å²) < 4.78 is 5.94. The van der Waals surface area contributed by atoms with E-state index in [9.17, 15) is 9.59 Å². The molecule has 0 aliphatic carbocycles. The number of primary amides is 1. The lowest BCUT2D eigenvalue weighted by Gasteiger charge is -2.32. The lowest BCUT2D eigenvalue weighted by molar-refractivity contribution is 0.0595. The van der Waals surface area contributed by atoms with Crippen molar-refractivity contribution in [3.8, 4) is 5.75 Å². The molecule has 0 spiro atoms. The SMILES string of the molecule is NC(=O)c1ccc(C(=O)N2CCC(Oc3ccccc3)CC2)cc1. The molecule has 0 unspecified atom stereocenters. The second-order valence-corrected chi connectivity index (χ2v) is 5.86. The second kappa shape index (κ2) is 7.17. The van der Waals surface area contributed by atoms with Crippen molar-refractivity contribution >= 4 is 11.8 Å². The van der Waals surface area contributed by atoms with E-state index in [0.29, 0.717) is 24.2 Å². The van der Waals surface area contributed by atoms with Gasteiger partial charge in [-0.3, -0.25) is 9.59 Å². The fourth-order valence-corrected chi connectivity index (χ4v) is 2.83. The summed E-state index contributed by atoms with van der Waals surface area (Å²) in [6, 6.07) is 16.2. The number of amides is 2. The van der Waals surface area contributed by atoms with Crippen LogP contribution >= 0.6 is 0 Å². The molecule has 1 aliphatic heterocycles. The highest BCUT2D eigenvalue weighted by Gasteiger charge is 2.24. The van der Waals surface area contributed by atoms with Crippen LogP contribution in [0.15, 0.2) is 54.6 Å². The van der Waals surface area contributed by atoms with Gasteiger partial charge >= 0.3 is 0 Å². The van der Waals surface area contributed by atoms with E-state index in [1.54, 1.807) is 24.3 Å². The Hall–Kier alpha value is -2.82. The minimum Gasteiger partial charge on any atom is -0.490 e. The molecular weight excluding hydrogens is 304 g/mol. The third-order valence-electron chi connectivity index (χ3n) is 4.19. The summed E-state index contributed by atoms with van der Waals surface area (Å²) in [7, 11) is 0. The number of hydrogen-bond donors (Lipinski definition) is 1. The maximum atomic E-state index is 12.5. The van der Waals surface area contributed by atoms with Gasteiger partial charge in [0.1, 0.15) is 11.9 Å². The van der Waals surface area contributed by atoms with E-state index in [1.807, 2.05) is 35.2 Å². The molecule has 0 saturated carbocycles. The summed E-state index contributed by atoms with van der Waals surface area (Å²) in [6.45, 7) is 1.32. The van der Waals surface area contributed by atoms with Crippen LogP contribution in [-0.2, 0) is 0 Å². The fourth-order valence-electron chi connectivity index (χ4n) is 2.83. The van der Waals surface area contributed by atoms with Crippen LogP contribution < -0.4 is 10.5 Å². The maximum Gasteiger partial charge on any atom is 0.253 e. The lowest BCUT2D eigenvalue weighted by Crippen LogP contribution is -2.41. The van der Waals surface area contributed by atoms with Crippen molar-refractivity contribution in [2.75, 3.05) is 13.1 Å². The Kier molecular flexibility index (Phi) is 4.79. The largest absolute Gasteiger partial charge is 0.490 e. The number of likely N-dealkylation sites (tertiary alicyclic amines) is 1. The van der Waals surface area contributed by atoms with Crippen LogP contribution in [0.25, 0.3) is 0 Å². The number of hydrogen-bond acceptors (Lipinski definition) is 3. The predicted octanol–water partition coefficient (Wildman–Crippen LogP) is 2.47. The Morgan fingerprint density at radius 2 is 1.50 bits per heavy atom. The highest BCUT2D eigenvalue weighted by molar-refractivity contribution is 5.97. The average molecular weight is 324 g/mol. The zero-order valence-corrected chi connectivity index (χ0v) is 13.4. The first-order chi connectivity index (χ1) is 11.6. The molecule has 24 heavy (non-hydrogen) atoms. The Morgan fingerprint density at radius 1 is 0.917 bits per heavy atom. The first-order valence-electron chi connectivity index (χ1n) is 8.04.